The lowest BCUT2D eigenvalue weighted by Crippen LogP contribution is -2.52. The lowest BCUT2D eigenvalue weighted by molar-refractivity contribution is -0.125. The molecular formula is C29H35N5O3. The van der Waals surface area contributed by atoms with Crippen LogP contribution in [-0.4, -0.2) is 71.1 Å². The molecule has 1 aliphatic carbocycles. The number of pyridine rings is 2. The number of aromatic nitrogens is 2. The Kier molecular flexibility index (Phi) is 5.89. The Labute approximate surface area is 218 Å². The van der Waals surface area contributed by atoms with E-state index in [0.29, 0.717) is 30.4 Å². The second-order valence-corrected chi connectivity index (χ2v) is 11.2. The number of nitrogens with one attached hydrogen (secondary N) is 1. The van der Waals surface area contributed by atoms with Gasteiger partial charge in [-0.15, -0.1) is 0 Å². The fraction of sp³-hybridized carbons (Fsp3) is 0.552. The van der Waals surface area contributed by atoms with Crippen LogP contribution in [0.2, 0.25) is 0 Å². The van der Waals surface area contributed by atoms with Crippen molar-refractivity contribution in [3.8, 4) is 5.75 Å². The van der Waals surface area contributed by atoms with Crippen molar-refractivity contribution in [2.75, 3.05) is 44.7 Å². The zero-order valence-electron chi connectivity index (χ0n) is 21.3. The van der Waals surface area contributed by atoms with Crippen molar-refractivity contribution in [1.82, 2.24) is 19.8 Å². The van der Waals surface area contributed by atoms with Crippen molar-refractivity contribution in [2.45, 2.75) is 62.5 Å². The van der Waals surface area contributed by atoms with Gasteiger partial charge in [-0.1, -0.05) is 6.58 Å². The van der Waals surface area contributed by atoms with E-state index in [2.05, 4.69) is 28.9 Å². The number of carbonyl (C=O) groups is 1. The molecule has 1 saturated carbocycles. The first-order chi connectivity index (χ1) is 18.2. The first kappa shape index (κ1) is 23.2. The molecule has 5 aliphatic rings. The van der Waals surface area contributed by atoms with Crippen molar-refractivity contribution in [3.63, 3.8) is 0 Å². The Bertz CT molecular complexity index is 1220. The molecule has 7 rings (SSSR count). The van der Waals surface area contributed by atoms with E-state index >= 15 is 0 Å². The maximum absolute atomic E-state index is 12.0. The maximum Gasteiger partial charge on any atom is 0.246 e. The molecule has 0 bridgehead atoms. The summed E-state index contributed by atoms with van der Waals surface area (Å²) >= 11 is 0. The number of nitrogens with zero attached hydrogens (tertiary/aromatic N) is 4. The molecule has 4 fully saturated rings. The summed E-state index contributed by atoms with van der Waals surface area (Å²) in [5, 5.41) is 3.67. The Morgan fingerprint density at radius 1 is 1.08 bits per heavy atom. The van der Waals surface area contributed by atoms with E-state index in [1.165, 1.54) is 30.0 Å². The Balaban J connectivity index is 1.12. The van der Waals surface area contributed by atoms with Gasteiger partial charge in [0, 0.05) is 74.7 Å². The molecular weight excluding hydrogens is 466 g/mol. The van der Waals surface area contributed by atoms with Crippen LogP contribution < -0.4 is 10.1 Å². The van der Waals surface area contributed by atoms with E-state index in [1.54, 1.807) is 0 Å². The first-order valence-electron chi connectivity index (χ1n) is 13.8. The number of rotatable bonds is 5. The van der Waals surface area contributed by atoms with Crippen molar-refractivity contribution < 1.29 is 14.3 Å². The normalized spacial score (nSPS) is 24.3. The van der Waals surface area contributed by atoms with E-state index in [1.807, 2.05) is 11.1 Å². The highest BCUT2D eigenvalue weighted by Gasteiger charge is 2.40. The topological polar surface area (TPSA) is 79.8 Å². The Morgan fingerprint density at radius 2 is 1.92 bits per heavy atom. The molecule has 6 heterocycles. The van der Waals surface area contributed by atoms with Crippen LogP contribution in [0, 0.1) is 0 Å². The SMILES string of the molecule is C=CC(=O)N1CCC(N2CC(c3cc4c(c(C5CC5)n3)OCc3c(C5CCOCC5)ccnc3N4)C2)C1. The number of likely N-dealkylation sites (tertiary alicyclic amines) is 2. The molecule has 4 aliphatic heterocycles. The molecule has 1 N–H and O–H groups in total. The van der Waals surface area contributed by atoms with Crippen molar-refractivity contribution >= 4 is 17.4 Å². The highest BCUT2D eigenvalue weighted by molar-refractivity contribution is 5.87. The minimum Gasteiger partial charge on any atom is -0.485 e. The van der Waals surface area contributed by atoms with Gasteiger partial charge in [-0.05, 0) is 61.8 Å². The van der Waals surface area contributed by atoms with E-state index in [9.17, 15) is 4.79 Å². The quantitative estimate of drug-likeness (QED) is 0.619. The fourth-order valence-electron chi connectivity index (χ4n) is 6.46. The molecule has 2 aromatic heterocycles. The molecule has 37 heavy (non-hydrogen) atoms. The lowest BCUT2D eigenvalue weighted by Gasteiger charge is -2.43. The van der Waals surface area contributed by atoms with Crippen LogP contribution in [0.3, 0.4) is 0 Å². The summed E-state index contributed by atoms with van der Waals surface area (Å²) in [6.07, 6.45) is 8.83. The van der Waals surface area contributed by atoms with Gasteiger partial charge in [-0.3, -0.25) is 14.7 Å². The van der Waals surface area contributed by atoms with E-state index < -0.39 is 0 Å². The van der Waals surface area contributed by atoms with Gasteiger partial charge in [-0.2, -0.15) is 0 Å². The first-order valence-corrected chi connectivity index (χ1v) is 13.8. The minimum absolute atomic E-state index is 0.0426. The van der Waals surface area contributed by atoms with Crippen LogP contribution in [0.25, 0.3) is 0 Å². The summed E-state index contributed by atoms with van der Waals surface area (Å²) in [5.41, 5.74) is 5.77. The fourth-order valence-corrected chi connectivity index (χ4v) is 6.46. The van der Waals surface area contributed by atoms with E-state index in [0.717, 1.165) is 87.3 Å². The van der Waals surface area contributed by atoms with Crippen LogP contribution in [0.15, 0.2) is 31.0 Å². The van der Waals surface area contributed by atoms with Crippen molar-refractivity contribution in [1.29, 1.82) is 0 Å². The smallest absolute Gasteiger partial charge is 0.246 e. The number of fused-ring (bicyclic) bond motifs is 2. The van der Waals surface area contributed by atoms with Crippen molar-refractivity contribution in [2.24, 2.45) is 0 Å². The van der Waals surface area contributed by atoms with Gasteiger partial charge in [-0.25, -0.2) is 4.98 Å². The molecule has 0 radical (unpaired) electrons. The summed E-state index contributed by atoms with van der Waals surface area (Å²) in [6, 6.07) is 4.80. The average molecular weight is 502 g/mol. The molecule has 1 atom stereocenters. The zero-order chi connectivity index (χ0) is 24.9. The van der Waals surface area contributed by atoms with Gasteiger partial charge < -0.3 is 19.7 Å². The van der Waals surface area contributed by atoms with Gasteiger partial charge >= 0.3 is 0 Å². The largest absolute Gasteiger partial charge is 0.485 e. The molecule has 1 unspecified atom stereocenters. The molecule has 1 amide bonds. The van der Waals surface area contributed by atoms with Crippen LogP contribution in [0.1, 0.15) is 72.4 Å². The third-order valence-corrected chi connectivity index (χ3v) is 8.84. The summed E-state index contributed by atoms with van der Waals surface area (Å²) in [4.78, 5) is 26.3. The summed E-state index contributed by atoms with van der Waals surface area (Å²) in [5.74, 6) is 3.24. The molecule has 0 spiro atoms. The Hall–Kier alpha value is -2.97. The number of anilines is 2. The number of hydrogen-bond acceptors (Lipinski definition) is 7. The van der Waals surface area contributed by atoms with Gasteiger partial charge in [0.05, 0.1) is 11.4 Å². The maximum atomic E-state index is 12.0. The van der Waals surface area contributed by atoms with Crippen LogP contribution in [-0.2, 0) is 16.1 Å². The number of ether oxygens (including phenoxy) is 2. The predicted molar refractivity (Wildman–Crippen MR) is 140 cm³/mol. The van der Waals surface area contributed by atoms with Crippen molar-refractivity contribution in [3.05, 3.63) is 53.5 Å². The molecule has 8 heteroatoms. The third-order valence-electron chi connectivity index (χ3n) is 8.84. The zero-order valence-corrected chi connectivity index (χ0v) is 21.3. The molecule has 0 aromatic carbocycles. The number of hydrogen-bond donors (Lipinski definition) is 1. The predicted octanol–water partition coefficient (Wildman–Crippen LogP) is 4.07. The summed E-state index contributed by atoms with van der Waals surface area (Å²) in [6.45, 7) is 9.39. The molecule has 2 aromatic rings. The number of amides is 1. The molecule has 194 valence electrons. The minimum atomic E-state index is 0.0426. The average Bonchev–Trinajstić information content (AvgIpc) is 3.67. The highest BCUT2D eigenvalue weighted by atomic mass is 16.5. The second-order valence-electron chi connectivity index (χ2n) is 11.2. The standard InChI is InChI=1S/C29H35N5O3/c1-2-26(35)33-10-6-21(16-33)34-14-20(15-34)24-13-25-28(27(31-24)19-3-4-19)37-17-23-22(5-9-30-29(23)32-25)18-7-11-36-12-8-18/h2,5,9,13,18-21H,1,3-4,6-8,10-12,14-17H2,(H,30,32). The summed E-state index contributed by atoms with van der Waals surface area (Å²) < 4.78 is 12.1. The monoisotopic (exact) mass is 501 g/mol. The highest BCUT2D eigenvalue weighted by Crippen LogP contribution is 2.49. The number of carbonyl (C=O) groups excluding carboxylic acids is 1. The van der Waals surface area contributed by atoms with E-state index in [-0.39, 0.29) is 5.91 Å². The van der Waals surface area contributed by atoms with Crippen LogP contribution >= 0.6 is 0 Å². The molecule has 8 nitrogen and oxygen atoms in total. The van der Waals surface area contributed by atoms with Gasteiger partial charge in [0.15, 0.2) is 5.75 Å². The Morgan fingerprint density at radius 3 is 2.70 bits per heavy atom. The van der Waals surface area contributed by atoms with E-state index in [4.69, 9.17) is 19.4 Å². The second kappa shape index (κ2) is 9.40. The van der Waals surface area contributed by atoms with Crippen LogP contribution in [0.4, 0.5) is 11.5 Å². The summed E-state index contributed by atoms with van der Waals surface area (Å²) in [7, 11) is 0. The lowest BCUT2D eigenvalue weighted by atomic mass is 9.89. The van der Waals surface area contributed by atoms with Gasteiger partial charge in [0.25, 0.3) is 0 Å². The van der Waals surface area contributed by atoms with Gasteiger partial charge in [0.2, 0.25) is 5.91 Å². The third kappa shape index (κ3) is 4.30. The van der Waals surface area contributed by atoms with Crippen LogP contribution in [0.5, 0.6) is 5.75 Å². The molecule has 3 saturated heterocycles. The van der Waals surface area contributed by atoms with Gasteiger partial charge in [0.1, 0.15) is 12.4 Å².